The second-order valence-corrected chi connectivity index (χ2v) is 4.43. The highest BCUT2D eigenvalue weighted by atomic mass is 19.1. The average molecular weight is 269 g/mol. The summed E-state index contributed by atoms with van der Waals surface area (Å²) in [5, 5.41) is 4.02. The number of halogens is 1. The molecule has 3 rings (SSSR count). The minimum Gasteiger partial charge on any atom is -0.380 e. The Bertz CT molecular complexity index is 796. The first-order valence-corrected chi connectivity index (χ1v) is 6.19. The van der Waals surface area contributed by atoms with E-state index in [1.807, 2.05) is 30.3 Å². The Morgan fingerprint density at radius 3 is 2.85 bits per heavy atom. The first-order chi connectivity index (χ1) is 9.72. The first-order valence-electron chi connectivity index (χ1n) is 6.19. The van der Waals surface area contributed by atoms with Crippen molar-refractivity contribution in [3.05, 3.63) is 70.5 Å². The number of hydrogen-bond donors (Lipinski definition) is 2. The fourth-order valence-electron chi connectivity index (χ4n) is 2.00. The summed E-state index contributed by atoms with van der Waals surface area (Å²) in [6, 6.07) is 12.3. The summed E-state index contributed by atoms with van der Waals surface area (Å²) in [5.41, 5.74) is 1.96. The number of anilines is 1. The number of pyridine rings is 2. The van der Waals surface area contributed by atoms with Gasteiger partial charge in [-0.05, 0) is 29.7 Å². The van der Waals surface area contributed by atoms with Gasteiger partial charge in [-0.25, -0.2) is 4.98 Å². The van der Waals surface area contributed by atoms with Crippen LogP contribution in [-0.2, 0) is 6.54 Å². The lowest BCUT2D eigenvalue weighted by atomic mass is 10.1. The lowest BCUT2D eigenvalue weighted by Gasteiger charge is -2.06. The van der Waals surface area contributed by atoms with E-state index >= 15 is 0 Å². The van der Waals surface area contributed by atoms with E-state index in [-0.39, 0.29) is 5.56 Å². The molecule has 0 aliphatic rings. The van der Waals surface area contributed by atoms with Gasteiger partial charge in [-0.2, -0.15) is 4.39 Å². The molecule has 0 amide bonds. The number of nitrogens with zero attached hydrogens (tertiary/aromatic N) is 1. The minimum atomic E-state index is -0.529. The fourth-order valence-corrected chi connectivity index (χ4v) is 2.00. The maximum atomic E-state index is 12.7. The summed E-state index contributed by atoms with van der Waals surface area (Å²) in [7, 11) is 0. The van der Waals surface area contributed by atoms with Crippen LogP contribution in [-0.4, -0.2) is 9.97 Å². The van der Waals surface area contributed by atoms with Crippen molar-refractivity contribution in [3.63, 3.8) is 0 Å². The largest absolute Gasteiger partial charge is 0.380 e. The third-order valence-corrected chi connectivity index (χ3v) is 3.04. The van der Waals surface area contributed by atoms with Crippen LogP contribution in [0.3, 0.4) is 0 Å². The molecule has 0 radical (unpaired) electrons. The molecule has 4 nitrogen and oxygen atoms in total. The van der Waals surface area contributed by atoms with E-state index < -0.39 is 5.95 Å². The number of fused-ring (bicyclic) bond motifs is 1. The molecule has 0 saturated heterocycles. The van der Waals surface area contributed by atoms with Gasteiger partial charge in [-0.15, -0.1) is 0 Å². The molecule has 0 aliphatic carbocycles. The quantitative estimate of drug-likeness (QED) is 0.719. The predicted octanol–water partition coefficient (Wildman–Crippen LogP) is 2.67. The van der Waals surface area contributed by atoms with Gasteiger partial charge in [0.05, 0.1) is 11.9 Å². The summed E-state index contributed by atoms with van der Waals surface area (Å²) in [5.74, 6) is -0.529. The van der Waals surface area contributed by atoms with Gasteiger partial charge in [0, 0.05) is 17.6 Å². The molecular weight excluding hydrogens is 257 g/mol. The number of aromatic nitrogens is 2. The van der Waals surface area contributed by atoms with Crippen LogP contribution in [0.5, 0.6) is 0 Å². The van der Waals surface area contributed by atoms with Gasteiger partial charge in [0.1, 0.15) is 0 Å². The molecular formula is C15H12FN3O. The van der Waals surface area contributed by atoms with Crippen molar-refractivity contribution in [2.24, 2.45) is 0 Å². The van der Waals surface area contributed by atoms with Gasteiger partial charge in [-0.3, -0.25) is 4.79 Å². The molecule has 3 aromatic rings. The molecule has 100 valence electrons. The van der Waals surface area contributed by atoms with Gasteiger partial charge in [-0.1, -0.05) is 18.2 Å². The molecule has 0 spiro atoms. The van der Waals surface area contributed by atoms with Crippen LogP contribution >= 0.6 is 0 Å². The van der Waals surface area contributed by atoms with Crippen LogP contribution in [0.2, 0.25) is 0 Å². The van der Waals surface area contributed by atoms with Gasteiger partial charge < -0.3 is 10.3 Å². The molecule has 2 heterocycles. The molecule has 0 aliphatic heterocycles. The molecule has 0 saturated carbocycles. The zero-order valence-corrected chi connectivity index (χ0v) is 10.6. The monoisotopic (exact) mass is 269 g/mol. The lowest BCUT2D eigenvalue weighted by molar-refractivity contribution is 0.584. The lowest BCUT2D eigenvalue weighted by Crippen LogP contribution is -2.15. The zero-order chi connectivity index (χ0) is 13.9. The molecule has 2 aromatic heterocycles. The van der Waals surface area contributed by atoms with Gasteiger partial charge in [0.15, 0.2) is 0 Å². The Morgan fingerprint density at radius 1 is 1.20 bits per heavy atom. The van der Waals surface area contributed by atoms with E-state index in [2.05, 4.69) is 15.3 Å². The fraction of sp³-hybridized carbons (Fsp3) is 0.0667. The highest BCUT2D eigenvalue weighted by Crippen LogP contribution is 2.11. The highest BCUT2D eigenvalue weighted by Gasteiger charge is 2.03. The number of para-hydroxylation sites is 1. The second kappa shape index (κ2) is 5.13. The molecule has 5 heteroatoms. The van der Waals surface area contributed by atoms with E-state index in [0.717, 1.165) is 10.9 Å². The Labute approximate surface area is 114 Å². The first kappa shape index (κ1) is 12.3. The number of benzene rings is 1. The van der Waals surface area contributed by atoms with Crippen LogP contribution in [0.25, 0.3) is 10.9 Å². The topological polar surface area (TPSA) is 57.8 Å². The van der Waals surface area contributed by atoms with E-state index in [9.17, 15) is 9.18 Å². The molecule has 0 atom stereocenters. The summed E-state index contributed by atoms with van der Waals surface area (Å²) in [4.78, 5) is 18.3. The van der Waals surface area contributed by atoms with Crippen LogP contribution < -0.4 is 10.9 Å². The molecule has 20 heavy (non-hydrogen) atoms. The van der Waals surface area contributed by atoms with Crippen molar-refractivity contribution in [2.45, 2.75) is 6.54 Å². The van der Waals surface area contributed by atoms with Gasteiger partial charge >= 0.3 is 0 Å². The van der Waals surface area contributed by atoms with Crippen LogP contribution in [0, 0.1) is 5.95 Å². The average Bonchev–Trinajstić information content (AvgIpc) is 2.47. The summed E-state index contributed by atoms with van der Waals surface area (Å²) in [6.07, 6.45) is 1.39. The van der Waals surface area contributed by atoms with E-state index in [1.165, 1.54) is 12.3 Å². The number of rotatable bonds is 3. The van der Waals surface area contributed by atoms with Gasteiger partial charge in [0.2, 0.25) is 5.95 Å². The minimum absolute atomic E-state index is 0.133. The van der Waals surface area contributed by atoms with E-state index in [0.29, 0.717) is 17.8 Å². The Morgan fingerprint density at radius 2 is 2.05 bits per heavy atom. The molecule has 2 N–H and O–H groups in total. The Balaban J connectivity index is 1.85. The smallest absolute Gasteiger partial charge is 0.253 e. The van der Waals surface area contributed by atoms with Crippen molar-refractivity contribution in [1.29, 1.82) is 0 Å². The van der Waals surface area contributed by atoms with Crippen molar-refractivity contribution >= 4 is 16.6 Å². The maximum absolute atomic E-state index is 12.7. The zero-order valence-electron chi connectivity index (χ0n) is 10.6. The standard InChI is InChI=1S/C15H12FN3O/c16-14-6-5-12(9-18-14)17-8-11-7-10-3-1-2-4-13(10)19-15(11)20/h1-7,9,17H,8H2,(H,19,20). The third-order valence-electron chi connectivity index (χ3n) is 3.04. The van der Waals surface area contributed by atoms with Crippen LogP contribution in [0.1, 0.15) is 5.56 Å². The predicted molar refractivity (Wildman–Crippen MR) is 76.1 cm³/mol. The number of aromatic amines is 1. The van der Waals surface area contributed by atoms with Crippen LogP contribution in [0.4, 0.5) is 10.1 Å². The van der Waals surface area contributed by atoms with Crippen molar-refractivity contribution in [1.82, 2.24) is 9.97 Å². The van der Waals surface area contributed by atoms with E-state index in [4.69, 9.17) is 0 Å². The summed E-state index contributed by atoms with van der Waals surface area (Å²) < 4.78 is 12.7. The number of H-pyrrole nitrogens is 1. The SMILES string of the molecule is O=c1[nH]c2ccccc2cc1CNc1ccc(F)nc1. The molecule has 0 fully saturated rings. The van der Waals surface area contributed by atoms with E-state index in [1.54, 1.807) is 6.07 Å². The van der Waals surface area contributed by atoms with Gasteiger partial charge in [0.25, 0.3) is 5.56 Å². The summed E-state index contributed by atoms with van der Waals surface area (Å²) in [6.45, 7) is 0.355. The maximum Gasteiger partial charge on any atom is 0.253 e. The van der Waals surface area contributed by atoms with Crippen molar-refractivity contribution < 1.29 is 4.39 Å². The molecule has 0 bridgehead atoms. The Kier molecular flexibility index (Phi) is 3.16. The summed E-state index contributed by atoms with van der Waals surface area (Å²) >= 11 is 0. The van der Waals surface area contributed by atoms with Crippen LogP contribution in [0.15, 0.2) is 53.5 Å². The Hall–Kier alpha value is -2.69. The molecule has 0 unspecified atom stereocenters. The van der Waals surface area contributed by atoms with Crippen molar-refractivity contribution in [2.75, 3.05) is 5.32 Å². The third kappa shape index (κ3) is 2.51. The molecule has 1 aromatic carbocycles. The highest BCUT2D eigenvalue weighted by molar-refractivity contribution is 5.78. The second-order valence-electron chi connectivity index (χ2n) is 4.43. The number of nitrogens with one attached hydrogen (secondary N) is 2. The number of hydrogen-bond acceptors (Lipinski definition) is 3. The van der Waals surface area contributed by atoms with Crippen molar-refractivity contribution in [3.8, 4) is 0 Å². The normalized spacial score (nSPS) is 10.7.